The van der Waals surface area contributed by atoms with Gasteiger partial charge in [-0.15, -0.1) is 11.6 Å². The number of carbonyl (C=O) groups is 1. The molecule has 2 N–H and O–H groups in total. The van der Waals surface area contributed by atoms with E-state index in [1.807, 2.05) is 0 Å². The molecule has 2 unspecified atom stereocenters. The first-order valence-corrected chi connectivity index (χ1v) is 10.3. The van der Waals surface area contributed by atoms with Crippen LogP contribution in [-0.2, 0) is 24.7 Å². The molecule has 0 aromatic heterocycles. The van der Waals surface area contributed by atoms with Gasteiger partial charge in [-0.05, 0) is 18.2 Å². The number of sulfonamides is 1. The van der Waals surface area contributed by atoms with Crippen LogP contribution in [0.5, 0.6) is 5.75 Å². The number of hydrogen-bond acceptors (Lipinski definition) is 6. The molecule has 8 nitrogen and oxygen atoms in total. The zero-order valence-corrected chi connectivity index (χ0v) is 14.0. The van der Waals surface area contributed by atoms with Crippen molar-refractivity contribution in [2.24, 2.45) is 0 Å². The Morgan fingerprint density at radius 3 is 2.70 bits per heavy atom. The molecule has 23 heavy (non-hydrogen) atoms. The number of sulfone groups is 1. The van der Waals surface area contributed by atoms with Crippen LogP contribution < -0.4 is 14.8 Å². The minimum absolute atomic E-state index is 0.116. The van der Waals surface area contributed by atoms with Crippen molar-refractivity contribution in [3.05, 3.63) is 18.2 Å². The number of amides is 1. The van der Waals surface area contributed by atoms with Crippen molar-refractivity contribution in [1.82, 2.24) is 4.72 Å². The lowest BCUT2D eigenvalue weighted by atomic mass is 10.2. The van der Waals surface area contributed by atoms with Crippen molar-refractivity contribution in [2.75, 3.05) is 23.4 Å². The van der Waals surface area contributed by atoms with Crippen molar-refractivity contribution in [3.8, 4) is 5.75 Å². The standard InChI is InChI=1S/C12H13ClN2O6S2/c13-8-5-22(17,18)6-10(8)15-23(19,20)7-1-2-11-9(3-7)14-12(16)4-21-11/h1-3,8,10,15H,4-6H2,(H,14,16). The highest BCUT2D eigenvalue weighted by Gasteiger charge is 2.39. The normalized spacial score (nSPS) is 26.2. The average molecular weight is 381 g/mol. The lowest BCUT2D eigenvalue weighted by Crippen LogP contribution is -2.40. The summed E-state index contributed by atoms with van der Waals surface area (Å²) in [5.74, 6) is -0.633. The number of anilines is 1. The molecule has 1 amide bonds. The van der Waals surface area contributed by atoms with E-state index in [-0.39, 0.29) is 34.6 Å². The van der Waals surface area contributed by atoms with Crippen molar-refractivity contribution in [3.63, 3.8) is 0 Å². The quantitative estimate of drug-likeness (QED) is 0.695. The van der Waals surface area contributed by atoms with Gasteiger partial charge in [0.2, 0.25) is 10.0 Å². The highest BCUT2D eigenvalue weighted by molar-refractivity contribution is 7.92. The molecule has 0 aliphatic carbocycles. The largest absolute Gasteiger partial charge is 0.482 e. The number of fused-ring (bicyclic) bond motifs is 1. The van der Waals surface area contributed by atoms with Crippen molar-refractivity contribution < 1.29 is 26.4 Å². The predicted molar refractivity (Wildman–Crippen MR) is 83.0 cm³/mol. The molecule has 3 rings (SSSR count). The third kappa shape index (κ3) is 3.44. The summed E-state index contributed by atoms with van der Waals surface area (Å²) in [7, 11) is -7.34. The van der Waals surface area contributed by atoms with Gasteiger partial charge in [-0.3, -0.25) is 4.79 Å². The van der Waals surface area contributed by atoms with Crippen LogP contribution in [-0.4, -0.2) is 52.3 Å². The van der Waals surface area contributed by atoms with Gasteiger partial charge in [-0.1, -0.05) is 0 Å². The maximum atomic E-state index is 12.4. The number of ether oxygens (including phenoxy) is 1. The van der Waals surface area contributed by atoms with Crippen LogP contribution >= 0.6 is 11.6 Å². The van der Waals surface area contributed by atoms with E-state index < -0.39 is 31.3 Å². The minimum atomic E-state index is -3.98. The van der Waals surface area contributed by atoms with Gasteiger partial charge in [0.15, 0.2) is 16.4 Å². The lowest BCUT2D eigenvalue weighted by Gasteiger charge is -2.19. The van der Waals surface area contributed by atoms with Crippen LogP contribution in [0.25, 0.3) is 0 Å². The predicted octanol–water partition coefficient (Wildman–Crippen LogP) is -0.300. The molecule has 11 heteroatoms. The van der Waals surface area contributed by atoms with Gasteiger partial charge >= 0.3 is 0 Å². The monoisotopic (exact) mass is 380 g/mol. The highest BCUT2D eigenvalue weighted by Crippen LogP contribution is 2.30. The van der Waals surface area contributed by atoms with Crippen LogP contribution in [0.3, 0.4) is 0 Å². The number of nitrogens with one attached hydrogen (secondary N) is 2. The highest BCUT2D eigenvalue weighted by atomic mass is 35.5. The third-order valence-electron chi connectivity index (χ3n) is 3.48. The number of benzene rings is 1. The van der Waals surface area contributed by atoms with Crippen LogP contribution in [0.4, 0.5) is 5.69 Å². The number of alkyl halides is 1. The Bertz CT molecular complexity index is 868. The Kier molecular flexibility index (Phi) is 4.03. The molecular formula is C12H13ClN2O6S2. The summed E-state index contributed by atoms with van der Waals surface area (Å²) >= 11 is 5.91. The topological polar surface area (TPSA) is 119 Å². The Morgan fingerprint density at radius 1 is 1.30 bits per heavy atom. The Balaban J connectivity index is 1.86. The third-order valence-corrected chi connectivity index (χ3v) is 7.35. The number of halogens is 1. The van der Waals surface area contributed by atoms with Crippen LogP contribution in [0.15, 0.2) is 23.1 Å². The zero-order chi connectivity index (χ0) is 16.8. The first-order valence-electron chi connectivity index (χ1n) is 6.60. The number of rotatable bonds is 3. The second-order valence-corrected chi connectivity index (χ2v) is 9.74. The molecule has 0 saturated carbocycles. The summed E-state index contributed by atoms with van der Waals surface area (Å²) in [6.07, 6.45) is 0. The molecule has 2 atom stereocenters. The molecule has 2 heterocycles. The number of carbonyl (C=O) groups excluding carboxylic acids is 1. The molecule has 2 aliphatic heterocycles. The van der Waals surface area contributed by atoms with Gasteiger partial charge < -0.3 is 10.1 Å². The van der Waals surface area contributed by atoms with E-state index in [9.17, 15) is 21.6 Å². The van der Waals surface area contributed by atoms with E-state index in [2.05, 4.69) is 10.0 Å². The molecule has 1 aromatic rings. The van der Waals surface area contributed by atoms with Crippen LogP contribution in [0.2, 0.25) is 0 Å². The Hall–Kier alpha value is -1.36. The fraction of sp³-hybridized carbons (Fsp3) is 0.417. The maximum absolute atomic E-state index is 12.4. The molecule has 126 valence electrons. The molecule has 1 fully saturated rings. The fourth-order valence-corrected chi connectivity index (χ4v) is 6.44. The van der Waals surface area contributed by atoms with Crippen molar-refractivity contribution in [2.45, 2.75) is 16.3 Å². The summed E-state index contributed by atoms with van der Waals surface area (Å²) in [6.45, 7) is -0.134. The van der Waals surface area contributed by atoms with E-state index in [1.165, 1.54) is 18.2 Å². The first kappa shape index (κ1) is 16.5. The Morgan fingerprint density at radius 2 is 2.04 bits per heavy atom. The zero-order valence-electron chi connectivity index (χ0n) is 11.7. The summed E-state index contributed by atoms with van der Waals surface area (Å²) in [6, 6.07) is 3.09. The number of hydrogen-bond donors (Lipinski definition) is 2. The van der Waals surface area contributed by atoms with E-state index in [0.717, 1.165) is 0 Å². The van der Waals surface area contributed by atoms with Gasteiger partial charge in [-0.2, -0.15) is 0 Å². The van der Waals surface area contributed by atoms with E-state index in [0.29, 0.717) is 5.75 Å². The van der Waals surface area contributed by atoms with Gasteiger partial charge in [-0.25, -0.2) is 21.6 Å². The molecular weight excluding hydrogens is 368 g/mol. The second-order valence-electron chi connectivity index (χ2n) is 5.32. The van der Waals surface area contributed by atoms with Gasteiger partial charge in [0, 0.05) is 0 Å². The smallest absolute Gasteiger partial charge is 0.262 e. The van der Waals surface area contributed by atoms with Crippen molar-refractivity contribution >= 4 is 43.1 Å². The van der Waals surface area contributed by atoms with Gasteiger partial charge in [0.05, 0.1) is 33.5 Å². The molecule has 1 aromatic carbocycles. The van der Waals surface area contributed by atoms with E-state index in [1.54, 1.807) is 0 Å². The average Bonchev–Trinajstić information content (AvgIpc) is 2.69. The SMILES string of the molecule is O=C1COc2ccc(S(=O)(=O)NC3CS(=O)(=O)CC3Cl)cc2N1. The van der Waals surface area contributed by atoms with Gasteiger partial charge in [0.25, 0.3) is 5.91 Å². The summed E-state index contributed by atoms with van der Waals surface area (Å²) in [4.78, 5) is 11.2. The summed E-state index contributed by atoms with van der Waals surface area (Å²) in [5.41, 5.74) is 0.241. The van der Waals surface area contributed by atoms with Crippen LogP contribution in [0, 0.1) is 0 Å². The van der Waals surface area contributed by atoms with Crippen molar-refractivity contribution in [1.29, 1.82) is 0 Å². The Labute approximate surface area is 138 Å². The molecule has 2 aliphatic rings. The summed E-state index contributed by atoms with van der Waals surface area (Å²) < 4.78 is 55.3. The minimum Gasteiger partial charge on any atom is -0.482 e. The van der Waals surface area contributed by atoms with Gasteiger partial charge in [0.1, 0.15) is 5.75 Å². The molecule has 0 bridgehead atoms. The first-order chi connectivity index (χ1) is 10.7. The fourth-order valence-electron chi connectivity index (χ4n) is 2.41. The lowest BCUT2D eigenvalue weighted by molar-refractivity contribution is -0.118. The van der Waals surface area contributed by atoms with E-state index in [4.69, 9.17) is 16.3 Å². The second kappa shape index (κ2) is 5.62. The molecule has 0 spiro atoms. The molecule has 0 radical (unpaired) electrons. The van der Waals surface area contributed by atoms with E-state index >= 15 is 0 Å². The van der Waals surface area contributed by atoms with Crippen LogP contribution in [0.1, 0.15) is 0 Å². The molecule has 1 saturated heterocycles. The summed E-state index contributed by atoms with van der Waals surface area (Å²) in [5, 5.41) is 1.69. The maximum Gasteiger partial charge on any atom is 0.262 e.